The van der Waals surface area contributed by atoms with E-state index in [1.807, 2.05) is 0 Å². The monoisotopic (exact) mass is 731 g/mol. The molecule has 3 aromatic rings. The van der Waals surface area contributed by atoms with Gasteiger partial charge in [-0.1, -0.05) is 0 Å². The van der Waals surface area contributed by atoms with Crippen molar-refractivity contribution in [2.45, 2.75) is 19.6 Å². The number of pyridine rings is 3. The number of carbonyl (C=O) groups excluding carboxylic acids is 3. The molecule has 3 rings (SSSR count). The maximum Gasteiger partial charge on any atom is 0.293 e. The summed E-state index contributed by atoms with van der Waals surface area (Å²) in [7, 11) is 4.39. The number of carbonyl (C=O) groups is 3. The van der Waals surface area contributed by atoms with Crippen LogP contribution in [-0.4, -0.2) is 132 Å². The fourth-order valence-electron chi connectivity index (χ4n) is 4.94. The molecule has 284 valence electrons. The van der Waals surface area contributed by atoms with Crippen LogP contribution in [-0.2, 0) is 33.8 Å². The molecule has 6 N–H and O–H groups in total. The van der Waals surface area contributed by atoms with E-state index >= 15 is 0 Å². The fraction of sp³-hybridized carbons (Fsp3) is 0.455. The number of amides is 3. The van der Waals surface area contributed by atoms with E-state index in [-0.39, 0.29) is 95.4 Å². The van der Waals surface area contributed by atoms with Gasteiger partial charge in [-0.05, 0) is 18.2 Å². The van der Waals surface area contributed by atoms with Gasteiger partial charge in [0.25, 0.3) is 34.4 Å². The molecule has 0 aliphatic carbocycles. The highest BCUT2D eigenvalue weighted by atomic mass is 16.5. The van der Waals surface area contributed by atoms with Crippen molar-refractivity contribution in [3.8, 4) is 17.2 Å². The van der Waals surface area contributed by atoms with Gasteiger partial charge in [0.2, 0.25) is 0 Å². The lowest BCUT2D eigenvalue weighted by Crippen LogP contribution is -2.43. The van der Waals surface area contributed by atoms with Gasteiger partial charge in [-0.3, -0.25) is 33.7 Å². The molecule has 0 radical (unpaired) electrons. The second kappa shape index (κ2) is 20.4. The number of nitrogens with one attached hydrogen (secondary N) is 3. The molecule has 0 fully saturated rings. The molecule has 0 aromatic carbocycles. The molecule has 0 aliphatic heterocycles. The number of methoxy groups -OCH3 is 3. The summed E-state index contributed by atoms with van der Waals surface area (Å²) in [6.45, 7) is 1.80. The summed E-state index contributed by atoms with van der Waals surface area (Å²) in [4.78, 5) is 77.6. The van der Waals surface area contributed by atoms with Gasteiger partial charge < -0.3 is 59.2 Å². The maximum atomic E-state index is 12.8. The van der Waals surface area contributed by atoms with Gasteiger partial charge in [-0.2, -0.15) is 0 Å². The quantitative estimate of drug-likeness (QED) is 0.0704. The molecule has 3 heterocycles. The van der Waals surface area contributed by atoms with E-state index in [0.29, 0.717) is 0 Å². The topological polar surface area (TPSA) is 245 Å². The van der Waals surface area contributed by atoms with E-state index in [2.05, 4.69) is 16.0 Å². The molecule has 19 heteroatoms. The normalized spacial score (nSPS) is 11.1. The first-order chi connectivity index (χ1) is 24.9. The third-order valence-corrected chi connectivity index (χ3v) is 7.90. The van der Waals surface area contributed by atoms with E-state index in [9.17, 15) is 44.1 Å². The highest BCUT2D eigenvalue weighted by molar-refractivity contribution is 5.97. The minimum atomic E-state index is -0.755. The Morgan fingerprint density at radius 2 is 0.827 bits per heavy atom. The Morgan fingerprint density at radius 3 is 1.08 bits per heavy atom. The Kier molecular flexibility index (Phi) is 16.0. The van der Waals surface area contributed by atoms with Crippen molar-refractivity contribution in [3.63, 3.8) is 0 Å². The number of hydrogen-bond acceptors (Lipinski definition) is 13. The highest BCUT2D eigenvalue weighted by Gasteiger charge is 2.19. The molecule has 0 atom stereocenters. The van der Waals surface area contributed by atoms with E-state index in [1.165, 1.54) is 71.8 Å². The molecule has 0 saturated heterocycles. The summed E-state index contributed by atoms with van der Waals surface area (Å²) >= 11 is 0. The van der Waals surface area contributed by atoms with Gasteiger partial charge >= 0.3 is 0 Å². The van der Waals surface area contributed by atoms with Gasteiger partial charge in [0, 0.05) is 98.8 Å². The lowest BCUT2D eigenvalue weighted by molar-refractivity contribution is 0.0944. The molecule has 3 amide bonds. The molecule has 0 unspecified atom stereocenters. The molecule has 19 nitrogen and oxygen atoms in total. The number of aromatic hydroxyl groups is 3. The average Bonchev–Trinajstić information content (AvgIpc) is 3.13. The van der Waals surface area contributed by atoms with Crippen LogP contribution in [0.5, 0.6) is 17.2 Å². The van der Waals surface area contributed by atoms with Crippen LogP contribution in [0.25, 0.3) is 0 Å². The molecule has 3 aromatic heterocycles. The summed E-state index contributed by atoms with van der Waals surface area (Å²) in [6, 6.07) is 3.92. The standard InChI is InChI=1S/C33H45N7O12/c1-50-19-16-38-10-4-22(25(41)31(38)47)28(44)34-7-13-37(14-8-35-29(45)23-5-11-39(17-20-51-2)32(48)26(23)42)15-9-36-30(46)24-6-12-40(18-21-52-3)33(49)27(24)43/h4-6,10-12,41-43H,7-9,13-21H2,1-3H3,(H,34,44)(H,35,45)(H,36,46). The average molecular weight is 732 g/mol. The Balaban J connectivity index is 1.66. The Hall–Kier alpha value is -5.50. The SMILES string of the molecule is COCCn1ccc(C(=O)NCCN(CCNC(=O)c2ccn(CCOC)c(=O)c2O)CCNC(=O)c2ccn(CCOC)c(=O)c2O)c(O)c1=O. The Morgan fingerprint density at radius 1 is 0.558 bits per heavy atom. The summed E-state index contributed by atoms with van der Waals surface area (Å²) in [5.41, 5.74) is -2.94. The van der Waals surface area contributed by atoms with Crippen LogP contribution >= 0.6 is 0 Å². The van der Waals surface area contributed by atoms with Gasteiger partial charge in [0.15, 0.2) is 17.2 Å². The van der Waals surface area contributed by atoms with Gasteiger partial charge in [-0.15, -0.1) is 0 Å². The van der Waals surface area contributed by atoms with Crippen LogP contribution in [0.15, 0.2) is 51.2 Å². The summed E-state index contributed by atoms with van der Waals surface area (Å²) in [5, 5.41) is 38.9. The molecule has 0 aliphatic rings. The molecular weight excluding hydrogens is 686 g/mol. The van der Waals surface area contributed by atoms with Gasteiger partial charge in [0.05, 0.1) is 36.5 Å². The summed E-state index contributed by atoms with van der Waals surface area (Å²) in [5.74, 6) is -4.28. The fourth-order valence-corrected chi connectivity index (χ4v) is 4.94. The third-order valence-electron chi connectivity index (χ3n) is 7.90. The number of aromatic nitrogens is 3. The largest absolute Gasteiger partial charge is 0.502 e. The summed E-state index contributed by atoms with van der Waals surface area (Å²) < 4.78 is 18.5. The highest BCUT2D eigenvalue weighted by Crippen LogP contribution is 2.12. The Bertz CT molecular complexity index is 1660. The lowest BCUT2D eigenvalue weighted by Gasteiger charge is -2.23. The first kappa shape index (κ1) is 40.9. The van der Waals surface area contributed by atoms with Crippen molar-refractivity contribution in [3.05, 3.63) is 84.5 Å². The van der Waals surface area contributed by atoms with E-state index in [1.54, 1.807) is 4.90 Å². The van der Waals surface area contributed by atoms with E-state index in [4.69, 9.17) is 14.2 Å². The van der Waals surface area contributed by atoms with Gasteiger partial charge in [-0.25, -0.2) is 0 Å². The molecule has 0 saturated carbocycles. The van der Waals surface area contributed by atoms with Gasteiger partial charge in [0.1, 0.15) is 0 Å². The number of ether oxygens (including phenoxy) is 3. The second-order valence-electron chi connectivity index (χ2n) is 11.3. The maximum absolute atomic E-state index is 12.8. The molecule has 52 heavy (non-hydrogen) atoms. The molecule has 0 bridgehead atoms. The van der Waals surface area contributed by atoms with Crippen LogP contribution in [0.2, 0.25) is 0 Å². The van der Waals surface area contributed by atoms with Crippen LogP contribution in [0.3, 0.4) is 0 Å². The molecular formula is C33H45N7O12. The second-order valence-corrected chi connectivity index (χ2v) is 11.3. The molecule has 0 spiro atoms. The predicted molar refractivity (Wildman–Crippen MR) is 186 cm³/mol. The first-order valence-electron chi connectivity index (χ1n) is 16.3. The van der Waals surface area contributed by atoms with E-state index in [0.717, 1.165) is 0 Å². The van der Waals surface area contributed by atoms with Crippen molar-refractivity contribution in [1.82, 2.24) is 34.6 Å². The lowest BCUT2D eigenvalue weighted by atomic mass is 10.2. The zero-order valence-corrected chi connectivity index (χ0v) is 29.3. The smallest absolute Gasteiger partial charge is 0.293 e. The van der Waals surface area contributed by atoms with E-state index < -0.39 is 51.6 Å². The van der Waals surface area contributed by atoms with Crippen LogP contribution in [0.1, 0.15) is 31.1 Å². The van der Waals surface area contributed by atoms with Crippen molar-refractivity contribution in [2.24, 2.45) is 0 Å². The number of hydrogen-bond donors (Lipinski definition) is 6. The minimum absolute atomic E-state index is 0.0217. The van der Waals surface area contributed by atoms with Crippen molar-refractivity contribution >= 4 is 17.7 Å². The number of nitrogens with zero attached hydrogens (tertiary/aromatic N) is 4. The van der Waals surface area contributed by atoms with Crippen molar-refractivity contribution in [2.75, 3.05) is 80.4 Å². The van der Waals surface area contributed by atoms with Crippen molar-refractivity contribution < 1.29 is 43.9 Å². The summed E-state index contributed by atoms with van der Waals surface area (Å²) in [6.07, 6.45) is 4.10. The van der Waals surface area contributed by atoms with Crippen LogP contribution in [0, 0.1) is 0 Å². The minimum Gasteiger partial charge on any atom is -0.502 e. The van der Waals surface area contributed by atoms with Crippen molar-refractivity contribution in [1.29, 1.82) is 0 Å². The zero-order chi connectivity index (χ0) is 38.2. The first-order valence-corrected chi connectivity index (χ1v) is 16.3. The third kappa shape index (κ3) is 11.0. The van der Waals surface area contributed by atoms with Crippen LogP contribution < -0.4 is 32.6 Å². The predicted octanol–water partition coefficient (Wildman–Crippen LogP) is -1.88. The zero-order valence-electron chi connectivity index (χ0n) is 29.3. The van der Waals surface area contributed by atoms with Crippen LogP contribution in [0.4, 0.5) is 0 Å². The number of rotatable bonds is 21. The Labute approximate surface area is 298 Å².